The first-order chi connectivity index (χ1) is 15.9. The van der Waals surface area contributed by atoms with Crippen LogP contribution in [0.2, 0.25) is 0 Å². The molecule has 9 nitrogen and oxygen atoms in total. The van der Waals surface area contributed by atoms with E-state index < -0.39 is 28.7 Å². The zero-order chi connectivity index (χ0) is 23.1. The molecule has 33 heavy (non-hydrogen) atoms. The van der Waals surface area contributed by atoms with Gasteiger partial charge in [0.2, 0.25) is 5.95 Å². The van der Waals surface area contributed by atoms with Crippen molar-refractivity contribution >= 4 is 33.8 Å². The van der Waals surface area contributed by atoms with Crippen LogP contribution in [-0.4, -0.2) is 57.4 Å². The number of nitrogens with one attached hydrogen (secondary N) is 3. The van der Waals surface area contributed by atoms with Crippen molar-refractivity contribution in [3.8, 4) is 11.3 Å². The third-order valence-corrected chi connectivity index (χ3v) is 5.75. The molecule has 2 aromatic carbocycles. The number of carbonyl (C=O) groups is 1. The summed E-state index contributed by atoms with van der Waals surface area (Å²) >= 11 is 0. The maximum atomic E-state index is 14.5. The summed E-state index contributed by atoms with van der Waals surface area (Å²) in [5.74, 6) is -1.41. The number of benzene rings is 2. The van der Waals surface area contributed by atoms with E-state index in [9.17, 15) is 18.4 Å². The van der Waals surface area contributed by atoms with Crippen LogP contribution in [0.3, 0.4) is 0 Å². The van der Waals surface area contributed by atoms with Gasteiger partial charge in [-0.05, 0) is 44.2 Å². The van der Waals surface area contributed by atoms with Crippen molar-refractivity contribution in [2.45, 2.75) is 18.9 Å². The van der Waals surface area contributed by atoms with Crippen LogP contribution in [0.4, 0.5) is 19.5 Å². The molecule has 2 aromatic heterocycles. The molecule has 0 spiro atoms. The Kier molecular flexibility index (Phi) is 5.25. The lowest BCUT2D eigenvalue weighted by atomic mass is 10.0. The van der Waals surface area contributed by atoms with E-state index in [1.165, 1.54) is 0 Å². The first kappa shape index (κ1) is 21.0. The van der Waals surface area contributed by atoms with Gasteiger partial charge in [-0.1, -0.05) is 6.07 Å². The van der Waals surface area contributed by atoms with Gasteiger partial charge >= 0.3 is 6.09 Å². The molecule has 1 aliphatic heterocycles. The standard InChI is InChI=1S/C22H20F2N6O3/c1-30-8-6-12(7-9-30)33-22(32)27-21-25-15-5-2-11(10-16(15)26-21)19-17-13(23)3-4-14(24)18(17)20(31)29-28-19/h2-5,10,12H,6-9H2,1H3,(H,29,31)(H2,25,26,27,32). The second-order valence-electron chi connectivity index (χ2n) is 8.03. The van der Waals surface area contributed by atoms with Gasteiger partial charge in [-0.3, -0.25) is 10.1 Å². The second-order valence-corrected chi connectivity index (χ2v) is 8.03. The normalized spacial score (nSPS) is 15.2. The zero-order valence-electron chi connectivity index (χ0n) is 17.6. The summed E-state index contributed by atoms with van der Waals surface area (Å²) in [5.41, 5.74) is 0.734. The lowest BCUT2D eigenvalue weighted by molar-refractivity contribution is 0.0661. The maximum absolute atomic E-state index is 14.5. The molecule has 0 unspecified atom stereocenters. The number of carbonyl (C=O) groups excluding carboxylic acids is 1. The van der Waals surface area contributed by atoms with Gasteiger partial charge in [-0.2, -0.15) is 5.10 Å². The SMILES string of the molecule is CN1CCC(OC(=O)Nc2nc3cc(-c4n[nH]c(=O)c5c(F)ccc(F)c45)ccc3[nH]2)CC1. The summed E-state index contributed by atoms with van der Waals surface area (Å²) in [5, 5.41) is 8.12. The van der Waals surface area contributed by atoms with Crippen LogP contribution in [-0.2, 0) is 4.74 Å². The minimum atomic E-state index is -0.841. The summed E-state index contributed by atoms with van der Waals surface area (Å²) in [7, 11) is 2.02. The van der Waals surface area contributed by atoms with Crippen molar-refractivity contribution in [2.24, 2.45) is 0 Å². The van der Waals surface area contributed by atoms with E-state index in [0.717, 1.165) is 38.1 Å². The lowest BCUT2D eigenvalue weighted by Gasteiger charge is -2.28. The lowest BCUT2D eigenvalue weighted by Crippen LogP contribution is -2.36. The average molecular weight is 454 g/mol. The number of amides is 1. The fraction of sp³-hybridized carbons (Fsp3) is 0.273. The monoisotopic (exact) mass is 454 g/mol. The Morgan fingerprint density at radius 2 is 1.88 bits per heavy atom. The van der Waals surface area contributed by atoms with Crippen LogP contribution in [0.1, 0.15) is 12.8 Å². The molecule has 170 valence electrons. The molecule has 4 aromatic rings. The molecular weight excluding hydrogens is 434 g/mol. The summed E-state index contributed by atoms with van der Waals surface area (Å²) < 4.78 is 34.2. The number of hydrogen-bond donors (Lipinski definition) is 3. The smallest absolute Gasteiger partial charge is 0.414 e. The number of hydrogen-bond acceptors (Lipinski definition) is 6. The van der Waals surface area contributed by atoms with Crippen LogP contribution in [0.15, 0.2) is 35.1 Å². The van der Waals surface area contributed by atoms with Gasteiger partial charge < -0.3 is 14.6 Å². The first-order valence-electron chi connectivity index (χ1n) is 10.4. The molecule has 3 heterocycles. The molecule has 0 bridgehead atoms. The van der Waals surface area contributed by atoms with Gasteiger partial charge in [0.25, 0.3) is 5.56 Å². The van der Waals surface area contributed by atoms with Crippen molar-refractivity contribution in [1.82, 2.24) is 25.1 Å². The van der Waals surface area contributed by atoms with Gasteiger partial charge in [0.15, 0.2) is 0 Å². The quantitative estimate of drug-likeness (QED) is 0.437. The van der Waals surface area contributed by atoms with Crippen molar-refractivity contribution < 1.29 is 18.3 Å². The molecular formula is C22H20F2N6O3. The number of anilines is 1. The highest BCUT2D eigenvalue weighted by molar-refractivity contribution is 5.96. The van der Waals surface area contributed by atoms with Gasteiger partial charge in [0.1, 0.15) is 23.4 Å². The predicted molar refractivity (Wildman–Crippen MR) is 118 cm³/mol. The third-order valence-electron chi connectivity index (χ3n) is 5.75. The Morgan fingerprint density at radius 3 is 2.64 bits per heavy atom. The number of likely N-dealkylation sites (tertiary alicyclic amines) is 1. The molecule has 1 fully saturated rings. The van der Waals surface area contributed by atoms with Gasteiger partial charge in [0, 0.05) is 18.7 Å². The van der Waals surface area contributed by atoms with E-state index in [4.69, 9.17) is 4.74 Å². The predicted octanol–water partition coefficient (Wildman–Crippen LogP) is 3.39. The summed E-state index contributed by atoms with van der Waals surface area (Å²) in [6.07, 6.45) is 0.789. The van der Waals surface area contributed by atoms with E-state index in [-0.39, 0.29) is 23.1 Å². The van der Waals surface area contributed by atoms with E-state index >= 15 is 0 Å². The molecule has 0 atom stereocenters. The number of fused-ring (bicyclic) bond motifs is 2. The van der Waals surface area contributed by atoms with Crippen LogP contribution in [0, 0.1) is 11.6 Å². The van der Waals surface area contributed by atoms with Gasteiger partial charge in [-0.15, -0.1) is 0 Å². The van der Waals surface area contributed by atoms with E-state index in [1.54, 1.807) is 18.2 Å². The number of nitrogens with zero attached hydrogens (tertiary/aromatic N) is 3. The van der Waals surface area contributed by atoms with E-state index in [2.05, 4.69) is 30.4 Å². The first-order valence-corrected chi connectivity index (χ1v) is 10.4. The molecule has 0 aliphatic carbocycles. The topological polar surface area (TPSA) is 116 Å². The summed E-state index contributed by atoms with van der Waals surface area (Å²) in [4.78, 5) is 33.8. The highest BCUT2D eigenvalue weighted by Gasteiger charge is 2.21. The molecule has 3 N–H and O–H groups in total. The number of H-pyrrole nitrogens is 2. The number of aromatic nitrogens is 4. The Morgan fingerprint density at radius 1 is 1.15 bits per heavy atom. The Labute approximate surface area is 185 Å². The third kappa shape index (κ3) is 4.02. The number of halogens is 2. The molecule has 1 saturated heterocycles. The summed E-state index contributed by atoms with van der Waals surface area (Å²) in [6, 6.07) is 6.75. The number of piperidine rings is 1. The zero-order valence-corrected chi connectivity index (χ0v) is 17.6. The minimum Gasteiger partial charge on any atom is -0.446 e. The van der Waals surface area contributed by atoms with Crippen molar-refractivity contribution in [2.75, 3.05) is 25.5 Å². The van der Waals surface area contributed by atoms with Crippen molar-refractivity contribution in [3.63, 3.8) is 0 Å². The highest BCUT2D eigenvalue weighted by atomic mass is 19.1. The van der Waals surface area contributed by atoms with E-state index in [0.29, 0.717) is 16.6 Å². The van der Waals surface area contributed by atoms with Crippen molar-refractivity contribution in [3.05, 3.63) is 52.3 Å². The van der Waals surface area contributed by atoms with Crippen LogP contribution in [0.25, 0.3) is 33.1 Å². The Balaban J connectivity index is 1.43. The van der Waals surface area contributed by atoms with Gasteiger partial charge in [0.05, 0.1) is 21.8 Å². The van der Waals surface area contributed by atoms with Crippen molar-refractivity contribution in [1.29, 1.82) is 0 Å². The Hall–Kier alpha value is -3.86. The fourth-order valence-electron chi connectivity index (χ4n) is 4.03. The highest BCUT2D eigenvalue weighted by Crippen LogP contribution is 2.30. The second kappa shape index (κ2) is 8.24. The fourth-order valence-corrected chi connectivity index (χ4v) is 4.03. The molecule has 0 saturated carbocycles. The summed E-state index contributed by atoms with van der Waals surface area (Å²) in [6.45, 7) is 1.73. The van der Waals surface area contributed by atoms with E-state index in [1.807, 2.05) is 7.05 Å². The number of ether oxygens (including phenoxy) is 1. The molecule has 11 heteroatoms. The largest absolute Gasteiger partial charge is 0.446 e. The van der Waals surface area contributed by atoms with Crippen LogP contribution in [0.5, 0.6) is 0 Å². The molecule has 0 radical (unpaired) electrons. The number of imidazole rings is 1. The molecule has 5 rings (SSSR count). The number of aromatic amines is 2. The maximum Gasteiger partial charge on any atom is 0.414 e. The van der Waals surface area contributed by atoms with Crippen LogP contribution >= 0.6 is 0 Å². The minimum absolute atomic E-state index is 0.0719. The average Bonchev–Trinajstić information content (AvgIpc) is 3.19. The Bertz CT molecular complexity index is 1430. The molecule has 1 amide bonds. The van der Waals surface area contributed by atoms with Gasteiger partial charge in [-0.25, -0.2) is 23.7 Å². The number of rotatable bonds is 3. The van der Waals surface area contributed by atoms with Crippen LogP contribution < -0.4 is 10.9 Å². The molecule has 1 aliphatic rings.